The monoisotopic (exact) mass is 155 g/mol. The molecular formula is C9H17NO. The van der Waals surface area contributed by atoms with Crippen LogP contribution < -0.4 is 5.32 Å². The molecule has 64 valence electrons. The Hall–Kier alpha value is -0.370. The van der Waals surface area contributed by atoms with Crippen molar-refractivity contribution in [2.75, 3.05) is 13.1 Å². The summed E-state index contributed by atoms with van der Waals surface area (Å²) in [4.78, 5) is 10.6. The number of carbonyl (C=O) groups is 1. The van der Waals surface area contributed by atoms with Gasteiger partial charge in [0.05, 0.1) is 0 Å². The minimum absolute atomic E-state index is 0.275. The molecule has 2 nitrogen and oxygen atoms in total. The number of aldehydes is 1. The van der Waals surface area contributed by atoms with Crippen molar-refractivity contribution in [1.82, 2.24) is 5.32 Å². The van der Waals surface area contributed by atoms with Crippen LogP contribution in [0.25, 0.3) is 0 Å². The maximum atomic E-state index is 10.6. The van der Waals surface area contributed by atoms with Gasteiger partial charge in [-0.3, -0.25) is 0 Å². The lowest BCUT2D eigenvalue weighted by molar-refractivity contribution is -0.111. The second-order valence-electron chi connectivity index (χ2n) is 3.85. The lowest BCUT2D eigenvalue weighted by atomic mass is 9.89. The Kier molecular flexibility index (Phi) is 3.06. The molecule has 0 aromatic heterocycles. The van der Waals surface area contributed by atoms with Crippen LogP contribution >= 0.6 is 0 Å². The van der Waals surface area contributed by atoms with Gasteiger partial charge in [0.1, 0.15) is 6.29 Å². The first-order valence-electron chi connectivity index (χ1n) is 4.40. The van der Waals surface area contributed by atoms with Gasteiger partial charge in [0.15, 0.2) is 0 Å². The summed E-state index contributed by atoms with van der Waals surface area (Å²) in [6, 6.07) is 0. The first-order valence-corrected chi connectivity index (χ1v) is 4.40. The summed E-state index contributed by atoms with van der Waals surface area (Å²) in [5, 5.41) is 3.25. The van der Waals surface area contributed by atoms with Gasteiger partial charge in [-0.1, -0.05) is 13.8 Å². The molecule has 2 heteroatoms. The summed E-state index contributed by atoms with van der Waals surface area (Å²) < 4.78 is 0. The van der Waals surface area contributed by atoms with E-state index >= 15 is 0 Å². The van der Waals surface area contributed by atoms with Gasteiger partial charge >= 0.3 is 0 Å². The minimum atomic E-state index is 0.275. The second kappa shape index (κ2) is 3.86. The van der Waals surface area contributed by atoms with E-state index in [-0.39, 0.29) is 5.92 Å². The molecule has 1 saturated heterocycles. The highest BCUT2D eigenvalue weighted by Crippen LogP contribution is 2.22. The van der Waals surface area contributed by atoms with Gasteiger partial charge in [-0.2, -0.15) is 0 Å². The predicted molar refractivity (Wildman–Crippen MR) is 45.4 cm³/mol. The van der Waals surface area contributed by atoms with Crippen LogP contribution in [0.15, 0.2) is 0 Å². The number of hydrogen-bond donors (Lipinski definition) is 1. The minimum Gasteiger partial charge on any atom is -0.316 e. The quantitative estimate of drug-likeness (QED) is 0.618. The standard InChI is InChI=1S/C9H17NO/c1-7(2)3-8-4-10-5-9(8)6-11/h6-10H,3-5H2,1-2H3. The molecule has 0 aliphatic carbocycles. The van der Waals surface area contributed by atoms with Gasteiger partial charge in [-0.05, 0) is 24.8 Å². The van der Waals surface area contributed by atoms with E-state index < -0.39 is 0 Å². The normalized spacial score (nSPS) is 31.2. The fraction of sp³-hybridized carbons (Fsp3) is 0.889. The zero-order chi connectivity index (χ0) is 8.27. The zero-order valence-electron chi connectivity index (χ0n) is 7.34. The third kappa shape index (κ3) is 2.29. The molecule has 2 atom stereocenters. The zero-order valence-corrected chi connectivity index (χ0v) is 7.34. The van der Waals surface area contributed by atoms with Gasteiger partial charge < -0.3 is 10.1 Å². The SMILES string of the molecule is CC(C)CC1CNCC1C=O. The summed E-state index contributed by atoms with van der Waals surface area (Å²) in [6.07, 6.45) is 2.28. The van der Waals surface area contributed by atoms with Crippen LogP contribution in [0.5, 0.6) is 0 Å². The fourth-order valence-electron chi connectivity index (χ4n) is 1.78. The van der Waals surface area contributed by atoms with Crippen LogP contribution in [0, 0.1) is 17.8 Å². The van der Waals surface area contributed by atoms with E-state index in [1.54, 1.807) is 0 Å². The molecule has 11 heavy (non-hydrogen) atoms. The highest BCUT2D eigenvalue weighted by atomic mass is 16.1. The van der Waals surface area contributed by atoms with E-state index in [9.17, 15) is 4.79 Å². The smallest absolute Gasteiger partial charge is 0.124 e. The molecule has 1 aliphatic heterocycles. The first kappa shape index (κ1) is 8.72. The molecule has 1 fully saturated rings. The number of hydrogen-bond acceptors (Lipinski definition) is 2. The van der Waals surface area contributed by atoms with Crippen molar-refractivity contribution in [2.45, 2.75) is 20.3 Å². The van der Waals surface area contributed by atoms with Crippen LogP contribution in [-0.4, -0.2) is 19.4 Å². The van der Waals surface area contributed by atoms with E-state index in [0.717, 1.165) is 19.4 Å². The van der Waals surface area contributed by atoms with Crippen LogP contribution in [0.4, 0.5) is 0 Å². The van der Waals surface area contributed by atoms with Crippen molar-refractivity contribution in [2.24, 2.45) is 17.8 Å². The largest absolute Gasteiger partial charge is 0.316 e. The van der Waals surface area contributed by atoms with Gasteiger partial charge in [-0.15, -0.1) is 0 Å². The first-order chi connectivity index (χ1) is 5.24. The molecule has 0 bridgehead atoms. The van der Waals surface area contributed by atoms with Crippen molar-refractivity contribution in [1.29, 1.82) is 0 Å². The Labute approximate surface area is 68.4 Å². The van der Waals surface area contributed by atoms with Gasteiger partial charge in [-0.25, -0.2) is 0 Å². The molecule has 1 N–H and O–H groups in total. The second-order valence-corrected chi connectivity index (χ2v) is 3.85. The lowest BCUT2D eigenvalue weighted by Crippen LogP contribution is -2.15. The van der Waals surface area contributed by atoms with Gasteiger partial charge in [0.2, 0.25) is 0 Å². The molecule has 1 rings (SSSR count). The fourth-order valence-corrected chi connectivity index (χ4v) is 1.78. The van der Waals surface area contributed by atoms with Gasteiger partial charge in [0, 0.05) is 12.5 Å². The third-order valence-corrected chi connectivity index (χ3v) is 2.34. The van der Waals surface area contributed by atoms with E-state index in [4.69, 9.17) is 0 Å². The van der Waals surface area contributed by atoms with Crippen molar-refractivity contribution in [3.05, 3.63) is 0 Å². The molecule has 0 spiro atoms. The maximum Gasteiger partial charge on any atom is 0.124 e. The summed E-state index contributed by atoms with van der Waals surface area (Å²) in [5.41, 5.74) is 0. The Balaban J connectivity index is 2.37. The summed E-state index contributed by atoms with van der Waals surface area (Å²) >= 11 is 0. The molecular weight excluding hydrogens is 138 g/mol. The Morgan fingerprint density at radius 2 is 2.27 bits per heavy atom. The highest BCUT2D eigenvalue weighted by molar-refractivity contribution is 5.55. The van der Waals surface area contributed by atoms with Crippen molar-refractivity contribution in [3.8, 4) is 0 Å². The van der Waals surface area contributed by atoms with Crippen molar-refractivity contribution >= 4 is 6.29 Å². The Morgan fingerprint density at radius 3 is 2.82 bits per heavy atom. The molecule has 1 heterocycles. The molecule has 1 aliphatic rings. The highest BCUT2D eigenvalue weighted by Gasteiger charge is 2.26. The molecule has 0 radical (unpaired) electrons. The van der Waals surface area contributed by atoms with Crippen LogP contribution in [-0.2, 0) is 4.79 Å². The number of rotatable bonds is 3. The predicted octanol–water partition coefficient (Wildman–Crippen LogP) is 1.07. The summed E-state index contributed by atoms with van der Waals surface area (Å²) in [7, 11) is 0. The van der Waals surface area contributed by atoms with E-state index in [1.165, 1.54) is 6.42 Å². The summed E-state index contributed by atoms with van der Waals surface area (Å²) in [5.74, 6) is 1.58. The third-order valence-electron chi connectivity index (χ3n) is 2.34. The molecule has 0 amide bonds. The average Bonchev–Trinajstić information content (AvgIpc) is 2.34. The van der Waals surface area contributed by atoms with E-state index in [1.807, 2.05) is 0 Å². The van der Waals surface area contributed by atoms with Crippen molar-refractivity contribution < 1.29 is 4.79 Å². The van der Waals surface area contributed by atoms with Crippen LogP contribution in [0.3, 0.4) is 0 Å². The Morgan fingerprint density at radius 1 is 1.55 bits per heavy atom. The van der Waals surface area contributed by atoms with E-state index in [0.29, 0.717) is 11.8 Å². The molecule has 0 saturated carbocycles. The maximum absolute atomic E-state index is 10.6. The summed E-state index contributed by atoms with van der Waals surface area (Å²) in [6.45, 7) is 6.34. The Bertz CT molecular complexity index is 134. The average molecular weight is 155 g/mol. The van der Waals surface area contributed by atoms with Gasteiger partial charge in [0.25, 0.3) is 0 Å². The molecule has 2 unspecified atom stereocenters. The number of carbonyl (C=O) groups excluding carboxylic acids is 1. The van der Waals surface area contributed by atoms with Crippen LogP contribution in [0.1, 0.15) is 20.3 Å². The number of nitrogens with one attached hydrogen (secondary N) is 1. The van der Waals surface area contributed by atoms with Crippen molar-refractivity contribution in [3.63, 3.8) is 0 Å². The van der Waals surface area contributed by atoms with Crippen LogP contribution in [0.2, 0.25) is 0 Å². The topological polar surface area (TPSA) is 29.1 Å². The molecule has 0 aromatic carbocycles. The molecule has 0 aromatic rings. The lowest BCUT2D eigenvalue weighted by Gasteiger charge is -2.14. The van der Waals surface area contributed by atoms with E-state index in [2.05, 4.69) is 19.2 Å².